The SMILES string of the molecule is Cc1cccc(NC(=O)c2ccc3nnc(SCC(=O)Nc4ccccc4F)n3c2)c1. The van der Waals surface area contributed by atoms with Crippen molar-refractivity contribution in [2.45, 2.75) is 12.1 Å². The number of aromatic nitrogens is 3. The molecule has 0 unspecified atom stereocenters. The van der Waals surface area contributed by atoms with E-state index in [9.17, 15) is 14.0 Å². The first kappa shape index (κ1) is 20.5. The van der Waals surface area contributed by atoms with E-state index in [4.69, 9.17) is 0 Å². The van der Waals surface area contributed by atoms with Crippen LogP contribution < -0.4 is 10.6 Å². The number of carbonyl (C=O) groups is 2. The van der Waals surface area contributed by atoms with Gasteiger partial charge in [0.05, 0.1) is 17.0 Å². The van der Waals surface area contributed by atoms with Gasteiger partial charge >= 0.3 is 0 Å². The fourth-order valence-electron chi connectivity index (χ4n) is 2.91. The molecule has 4 rings (SSSR count). The lowest BCUT2D eigenvalue weighted by Gasteiger charge is -2.07. The number of nitrogens with one attached hydrogen (secondary N) is 2. The van der Waals surface area contributed by atoms with Crippen molar-refractivity contribution in [3.8, 4) is 0 Å². The number of thioether (sulfide) groups is 1. The Hall–Kier alpha value is -3.72. The van der Waals surface area contributed by atoms with Gasteiger partial charge in [-0.15, -0.1) is 10.2 Å². The predicted molar refractivity (Wildman–Crippen MR) is 118 cm³/mol. The zero-order chi connectivity index (χ0) is 21.8. The van der Waals surface area contributed by atoms with Crippen LogP contribution >= 0.6 is 11.8 Å². The van der Waals surface area contributed by atoms with Gasteiger partial charge in [0.2, 0.25) is 5.91 Å². The molecule has 7 nitrogen and oxygen atoms in total. The minimum atomic E-state index is -0.502. The minimum Gasteiger partial charge on any atom is -0.323 e. The molecule has 0 saturated heterocycles. The van der Waals surface area contributed by atoms with Crippen LogP contribution in [0.5, 0.6) is 0 Å². The Balaban J connectivity index is 1.46. The summed E-state index contributed by atoms with van der Waals surface area (Å²) in [7, 11) is 0. The third kappa shape index (κ3) is 4.89. The molecule has 0 atom stereocenters. The molecule has 0 aliphatic heterocycles. The number of benzene rings is 2. The van der Waals surface area contributed by atoms with Gasteiger partial charge in [0, 0.05) is 11.9 Å². The van der Waals surface area contributed by atoms with Crippen molar-refractivity contribution < 1.29 is 14.0 Å². The number of carbonyl (C=O) groups excluding carboxylic acids is 2. The maximum Gasteiger partial charge on any atom is 0.257 e. The van der Waals surface area contributed by atoms with Crippen LogP contribution in [-0.2, 0) is 4.79 Å². The van der Waals surface area contributed by atoms with E-state index in [1.165, 1.54) is 12.1 Å². The predicted octanol–water partition coefficient (Wildman–Crippen LogP) is 4.16. The van der Waals surface area contributed by atoms with E-state index >= 15 is 0 Å². The number of halogens is 1. The highest BCUT2D eigenvalue weighted by Crippen LogP contribution is 2.20. The Morgan fingerprint density at radius 1 is 1.03 bits per heavy atom. The standard InChI is InChI=1S/C22H18FN5O2S/c1-14-5-4-6-16(11-14)24-21(30)15-9-10-19-26-27-22(28(19)12-15)31-13-20(29)25-18-8-3-2-7-17(18)23/h2-12H,13H2,1H3,(H,24,30)(H,25,29). The van der Waals surface area contributed by atoms with E-state index in [1.807, 2.05) is 31.2 Å². The van der Waals surface area contributed by atoms with Crippen LogP contribution in [0.15, 0.2) is 72.0 Å². The molecule has 0 spiro atoms. The molecule has 0 bridgehead atoms. The van der Waals surface area contributed by atoms with Gasteiger partial charge in [-0.25, -0.2) is 4.39 Å². The van der Waals surface area contributed by atoms with Crippen LogP contribution in [0.2, 0.25) is 0 Å². The van der Waals surface area contributed by atoms with Gasteiger partial charge in [-0.05, 0) is 48.9 Å². The van der Waals surface area contributed by atoms with Gasteiger partial charge in [-0.3, -0.25) is 14.0 Å². The average molecular weight is 435 g/mol. The number of fused-ring (bicyclic) bond motifs is 1. The van der Waals surface area contributed by atoms with Crippen molar-refractivity contribution in [1.29, 1.82) is 0 Å². The number of hydrogen-bond acceptors (Lipinski definition) is 5. The first-order chi connectivity index (χ1) is 15.0. The Bertz CT molecular complexity index is 1270. The second-order valence-electron chi connectivity index (χ2n) is 6.77. The van der Waals surface area contributed by atoms with E-state index in [0.29, 0.717) is 22.1 Å². The average Bonchev–Trinajstić information content (AvgIpc) is 3.16. The summed E-state index contributed by atoms with van der Waals surface area (Å²) in [6.07, 6.45) is 1.62. The summed E-state index contributed by atoms with van der Waals surface area (Å²) in [6, 6.07) is 16.8. The monoisotopic (exact) mass is 435 g/mol. The Morgan fingerprint density at radius 3 is 2.68 bits per heavy atom. The maximum atomic E-state index is 13.7. The molecule has 9 heteroatoms. The molecule has 2 heterocycles. The molecule has 2 amide bonds. The van der Waals surface area contributed by atoms with Crippen LogP contribution in [0, 0.1) is 12.7 Å². The van der Waals surface area contributed by atoms with Crippen molar-refractivity contribution in [2.75, 3.05) is 16.4 Å². The van der Waals surface area contributed by atoms with Gasteiger partial charge in [-0.2, -0.15) is 0 Å². The summed E-state index contributed by atoms with van der Waals surface area (Å²) in [5.41, 5.74) is 2.83. The molecule has 0 aliphatic rings. The molecule has 4 aromatic rings. The topological polar surface area (TPSA) is 88.4 Å². The molecule has 2 N–H and O–H groups in total. The summed E-state index contributed by atoms with van der Waals surface area (Å²) >= 11 is 1.14. The molecule has 0 radical (unpaired) electrons. The number of pyridine rings is 1. The number of para-hydroxylation sites is 1. The molecule has 0 aliphatic carbocycles. The van der Waals surface area contributed by atoms with Gasteiger partial charge in [0.15, 0.2) is 10.8 Å². The van der Waals surface area contributed by atoms with Gasteiger partial charge < -0.3 is 10.6 Å². The van der Waals surface area contributed by atoms with Crippen LogP contribution in [0.25, 0.3) is 5.65 Å². The second kappa shape index (κ2) is 8.97. The molecule has 0 fully saturated rings. The highest BCUT2D eigenvalue weighted by atomic mass is 32.2. The van der Waals surface area contributed by atoms with Crippen molar-refractivity contribution >= 4 is 40.6 Å². The largest absolute Gasteiger partial charge is 0.323 e. The van der Waals surface area contributed by atoms with Gasteiger partial charge in [0.25, 0.3) is 5.91 Å². The first-order valence-electron chi connectivity index (χ1n) is 9.39. The lowest BCUT2D eigenvalue weighted by atomic mass is 10.2. The molecule has 156 valence electrons. The Labute approximate surface area is 181 Å². The quantitative estimate of drug-likeness (QED) is 0.444. The lowest BCUT2D eigenvalue weighted by Crippen LogP contribution is -2.15. The summed E-state index contributed by atoms with van der Waals surface area (Å²) in [5.74, 6) is -1.14. The third-order valence-electron chi connectivity index (χ3n) is 4.39. The molecule has 31 heavy (non-hydrogen) atoms. The fraction of sp³-hybridized carbons (Fsp3) is 0.0909. The van der Waals surface area contributed by atoms with Gasteiger partial charge in [0.1, 0.15) is 5.82 Å². The zero-order valence-electron chi connectivity index (χ0n) is 16.5. The zero-order valence-corrected chi connectivity index (χ0v) is 17.3. The van der Waals surface area contributed by atoms with Gasteiger partial charge in [-0.1, -0.05) is 36.0 Å². The van der Waals surface area contributed by atoms with Crippen LogP contribution in [0.1, 0.15) is 15.9 Å². The molecular formula is C22H18FN5O2S. The molecule has 2 aromatic heterocycles. The normalized spacial score (nSPS) is 10.8. The fourth-order valence-corrected chi connectivity index (χ4v) is 3.62. The number of nitrogens with zero attached hydrogens (tertiary/aromatic N) is 3. The van der Waals surface area contributed by atoms with E-state index in [1.54, 1.807) is 34.9 Å². The Kier molecular flexibility index (Phi) is 5.94. The molecule has 2 aromatic carbocycles. The van der Waals surface area contributed by atoms with Crippen molar-refractivity contribution in [3.05, 3.63) is 83.8 Å². The van der Waals surface area contributed by atoms with E-state index < -0.39 is 5.82 Å². The minimum absolute atomic E-state index is 0.00877. The third-order valence-corrected chi connectivity index (χ3v) is 5.33. The van der Waals surface area contributed by atoms with Crippen LogP contribution in [0.4, 0.5) is 15.8 Å². The Morgan fingerprint density at radius 2 is 1.87 bits per heavy atom. The first-order valence-corrected chi connectivity index (χ1v) is 10.4. The van der Waals surface area contributed by atoms with Crippen LogP contribution in [0.3, 0.4) is 0 Å². The maximum absolute atomic E-state index is 13.7. The summed E-state index contributed by atoms with van der Waals surface area (Å²) in [6.45, 7) is 1.95. The number of hydrogen-bond donors (Lipinski definition) is 2. The summed E-state index contributed by atoms with van der Waals surface area (Å²) in [5, 5.41) is 14.0. The number of aryl methyl sites for hydroxylation is 1. The van der Waals surface area contributed by atoms with E-state index in [2.05, 4.69) is 20.8 Å². The van der Waals surface area contributed by atoms with Crippen molar-refractivity contribution in [2.24, 2.45) is 0 Å². The number of anilines is 2. The highest BCUT2D eigenvalue weighted by Gasteiger charge is 2.13. The second-order valence-corrected chi connectivity index (χ2v) is 7.71. The van der Waals surface area contributed by atoms with Crippen molar-refractivity contribution in [3.63, 3.8) is 0 Å². The van der Waals surface area contributed by atoms with E-state index in [0.717, 1.165) is 17.3 Å². The highest BCUT2D eigenvalue weighted by molar-refractivity contribution is 7.99. The summed E-state index contributed by atoms with van der Waals surface area (Å²) in [4.78, 5) is 24.8. The smallest absolute Gasteiger partial charge is 0.257 e. The van der Waals surface area contributed by atoms with Crippen LogP contribution in [-0.4, -0.2) is 32.2 Å². The molecular weight excluding hydrogens is 417 g/mol. The molecule has 0 saturated carbocycles. The summed E-state index contributed by atoms with van der Waals surface area (Å²) < 4.78 is 15.3. The lowest BCUT2D eigenvalue weighted by molar-refractivity contribution is -0.113. The number of rotatable bonds is 6. The van der Waals surface area contributed by atoms with Crippen molar-refractivity contribution in [1.82, 2.24) is 14.6 Å². The number of amides is 2. The van der Waals surface area contributed by atoms with E-state index in [-0.39, 0.29) is 23.3 Å².